The number of H-pyrrole nitrogens is 1. The van der Waals surface area contributed by atoms with E-state index in [0.29, 0.717) is 4.57 Å². The SMILES string of the molecule is CC(=O)OC[C@H]1O[C@@H](n2c(=O)[nH]cc(C)c2=O)[C@](C)(F)[C@@]1(C)OC(C)=O. The quantitative estimate of drug-likeness (QED) is 0.758. The van der Waals surface area contributed by atoms with Gasteiger partial charge in [-0.15, -0.1) is 0 Å². The molecule has 0 amide bonds. The fourth-order valence-electron chi connectivity index (χ4n) is 2.93. The van der Waals surface area contributed by atoms with Crippen molar-refractivity contribution >= 4 is 11.9 Å². The van der Waals surface area contributed by atoms with E-state index in [2.05, 4.69) is 4.98 Å². The van der Waals surface area contributed by atoms with Gasteiger partial charge in [0, 0.05) is 25.6 Å². The zero-order valence-corrected chi connectivity index (χ0v) is 15.1. The first kappa shape index (κ1) is 19.8. The van der Waals surface area contributed by atoms with Crippen molar-refractivity contribution in [3.63, 3.8) is 0 Å². The van der Waals surface area contributed by atoms with E-state index in [1.807, 2.05) is 0 Å². The lowest BCUT2D eigenvalue weighted by atomic mass is 9.84. The summed E-state index contributed by atoms with van der Waals surface area (Å²) < 4.78 is 32.0. The minimum atomic E-state index is -2.48. The number of aryl methyl sites for hydroxylation is 1. The van der Waals surface area contributed by atoms with Gasteiger partial charge in [0.25, 0.3) is 5.56 Å². The zero-order valence-electron chi connectivity index (χ0n) is 15.1. The maximum Gasteiger partial charge on any atom is 0.330 e. The molecule has 0 bridgehead atoms. The Labute approximate surface area is 148 Å². The van der Waals surface area contributed by atoms with Gasteiger partial charge >= 0.3 is 17.6 Å². The van der Waals surface area contributed by atoms with Gasteiger partial charge in [-0.2, -0.15) is 0 Å². The number of carbonyl (C=O) groups excluding carboxylic acids is 2. The molecule has 2 rings (SSSR count). The minimum absolute atomic E-state index is 0.168. The van der Waals surface area contributed by atoms with Crippen LogP contribution in [0.2, 0.25) is 0 Å². The molecule has 1 saturated heterocycles. The molecule has 9 nitrogen and oxygen atoms in total. The molecule has 1 N–H and O–H groups in total. The van der Waals surface area contributed by atoms with Gasteiger partial charge in [-0.05, 0) is 20.8 Å². The van der Waals surface area contributed by atoms with Crippen molar-refractivity contribution in [3.05, 3.63) is 32.6 Å². The Morgan fingerprint density at radius 3 is 2.46 bits per heavy atom. The fourth-order valence-corrected chi connectivity index (χ4v) is 2.93. The number of nitrogens with one attached hydrogen (secondary N) is 1. The van der Waals surface area contributed by atoms with Crippen LogP contribution in [0.25, 0.3) is 0 Å². The van der Waals surface area contributed by atoms with Crippen molar-refractivity contribution in [3.8, 4) is 0 Å². The van der Waals surface area contributed by atoms with E-state index in [-0.39, 0.29) is 5.56 Å². The second-order valence-corrected chi connectivity index (χ2v) is 6.51. The largest absolute Gasteiger partial charge is 0.463 e. The number of rotatable bonds is 4. The lowest BCUT2D eigenvalue weighted by Gasteiger charge is -2.36. The Morgan fingerprint density at radius 2 is 1.92 bits per heavy atom. The molecule has 10 heteroatoms. The number of esters is 2. The van der Waals surface area contributed by atoms with E-state index in [0.717, 1.165) is 20.8 Å². The third-order valence-corrected chi connectivity index (χ3v) is 4.56. The summed E-state index contributed by atoms with van der Waals surface area (Å²) in [5, 5.41) is 0. The molecule has 1 aliphatic rings. The highest BCUT2D eigenvalue weighted by Crippen LogP contribution is 2.49. The van der Waals surface area contributed by atoms with Crippen LogP contribution in [0.1, 0.15) is 39.5 Å². The average molecular weight is 372 g/mol. The predicted molar refractivity (Wildman–Crippen MR) is 86.3 cm³/mol. The third-order valence-electron chi connectivity index (χ3n) is 4.56. The first-order valence-electron chi connectivity index (χ1n) is 7.90. The van der Waals surface area contributed by atoms with Crippen LogP contribution >= 0.6 is 0 Å². The summed E-state index contributed by atoms with van der Waals surface area (Å²) >= 11 is 0. The molecule has 1 aliphatic heterocycles. The van der Waals surface area contributed by atoms with Crippen molar-refractivity contribution in [2.45, 2.75) is 58.2 Å². The van der Waals surface area contributed by atoms with Crippen LogP contribution in [-0.2, 0) is 23.8 Å². The second-order valence-electron chi connectivity index (χ2n) is 6.51. The zero-order chi connectivity index (χ0) is 19.9. The maximum atomic E-state index is 15.8. The van der Waals surface area contributed by atoms with Gasteiger partial charge in [-0.3, -0.25) is 14.4 Å². The molecule has 0 aromatic carbocycles. The first-order chi connectivity index (χ1) is 11.9. The summed E-state index contributed by atoms with van der Waals surface area (Å²) in [6.07, 6.45) is -1.72. The highest BCUT2D eigenvalue weighted by Gasteiger charge is 2.67. The molecule has 26 heavy (non-hydrogen) atoms. The van der Waals surface area contributed by atoms with Crippen LogP contribution in [-0.4, -0.2) is 45.5 Å². The lowest BCUT2D eigenvalue weighted by Crippen LogP contribution is -2.56. The second kappa shape index (κ2) is 6.67. The number of halogens is 1. The Kier molecular flexibility index (Phi) is 5.09. The van der Waals surface area contributed by atoms with Gasteiger partial charge in [-0.25, -0.2) is 13.8 Å². The topological polar surface area (TPSA) is 117 Å². The van der Waals surface area contributed by atoms with Crippen LogP contribution in [0, 0.1) is 6.92 Å². The Hall–Kier alpha value is -2.49. The van der Waals surface area contributed by atoms with Crippen molar-refractivity contribution in [1.29, 1.82) is 0 Å². The Balaban J connectivity index is 2.58. The summed E-state index contributed by atoms with van der Waals surface area (Å²) in [5.74, 6) is -1.44. The van der Waals surface area contributed by atoms with Gasteiger partial charge in [0.2, 0.25) is 0 Å². The highest BCUT2D eigenvalue weighted by molar-refractivity contribution is 5.67. The number of ether oxygens (including phenoxy) is 3. The predicted octanol–water partition coefficient (Wildman–Crippen LogP) is 0.356. The van der Waals surface area contributed by atoms with Gasteiger partial charge in [0.1, 0.15) is 12.7 Å². The van der Waals surface area contributed by atoms with Gasteiger partial charge < -0.3 is 19.2 Å². The first-order valence-corrected chi connectivity index (χ1v) is 7.90. The number of nitrogens with zero attached hydrogens (tertiary/aromatic N) is 1. The number of alkyl halides is 1. The molecule has 1 aromatic rings. The molecular weight excluding hydrogens is 351 g/mol. The third kappa shape index (κ3) is 3.16. The van der Waals surface area contributed by atoms with Crippen molar-refractivity contribution in [2.75, 3.05) is 6.61 Å². The molecule has 144 valence electrons. The molecule has 0 aliphatic carbocycles. The minimum Gasteiger partial charge on any atom is -0.463 e. The molecule has 2 heterocycles. The number of aromatic nitrogens is 2. The van der Waals surface area contributed by atoms with Gasteiger partial charge in [0.15, 0.2) is 17.5 Å². The smallest absolute Gasteiger partial charge is 0.330 e. The van der Waals surface area contributed by atoms with Gasteiger partial charge in [-0.1, -0.05) is 0 Å². The highest BCUT2D eigenvalue weighted by atomic mass is 19.1. The molecule has 1 aromatic heterocycles. The van der Waals surface area contributed by atoms with E-state index in [1.54, 1.807) is 0 Å². The molecule has 1 fully saturated rings. The van der Waals surface area contributed by atoms with Crippen LogP contribution in [0.4, 0.5) is 4.39 Å². The standard InChI is InChI=1S/C16H21FN2O7/c1-8-6-18-14(23)19(12(8)22)13-15(4,17)16(5,26-10(3)21)11(25-13)7-24-9(2)20/h6,11,13H,7H2,1-5H3,(H,18,23)/t11-,13-,15+,16+/m1/s1. The van der Waals surface area contributed by atoms with Crippen molar-refractivity contribution in [2.24, 2.45) is 0 Å². The van der Waals surface area contributed by atoms with Crippen LogP contribution in [0.15, 0.2) is 15.8 Å². The molecule has 0 unspecified atom stereocenters. The average Bonchev–Trinajstić information content (AvgIpc) is 2.69. The fraction of sp³-hybridized carbons (Fsp3) is 0.625. The normalized spacial score (nSPS) is 30.8. The van der Waals surface area contributed by atoms with E-state index < -0.39 is 53.4 Å². The summed E-state index contributed by atoms with van der Waals surface area (Å²) in [7, 11) is 0. The number of carbonyl (C=O) groups is 2. The van der Waals surface area contributed by atoms with E-state index in [1.165, 1.54) is 20.0 Å². The molecule has 0 radical (unpaired) electrons. The Morgan fingerprint density at radius 1 is 1.31 bits per heavy atom. The van der Waals surface area contributed by atoms with Crippen molar-refractivity contribution in [1.82, 2.24) is 9.55 Å². The van der Waals surface area contributed by atoms with Crippen molar-refractivity contribution < 1.29 is 28.2 Å². The molecule has 4 atom stereocenters. The lowest BCUT2D eigenvalue weighted by molar-refractivity contribution is -0.178. The molecular formula is C16H21FN2O7. The summed E-state index contributed by atoms with van der Waals surface area (Å²) in [6, 6.07) is 0. The van der Waals surface area contributed by atoms with Crippen LogP contribution < -0.4 is 11.2 Å². The monoisotopic (exact) mass is 372 g/mol. The van der Waals surface area contributed by atoms with Gasteiger partial charge in [0.05, 0.1) is 0 Å². The van der Waals surface area contributed by atoms with E-state index >= 15 is 4.39 Å². The maximum absolute atomic E-state index is 15.8. The Bertz CT molecular complexity index is 844. The van der Waals surface area contributed by atoms with Crippen LogP contribution in [0.3, 0.4) is 0 Å². The molecule has 0 saturated carbocycles. The number of hydrogen-bond donors (Lipinski definition) is 1. The molecule has 0 spiro atoms. The van der Waals surface area contributed by atoms with E-state index in [9.17, 15) is 19.2 Å². The number of aromatic amines is 1. The summed E-state index contributed by atoms with van der Waals surface area (Å²) in [4.78, 5) is 49.5. The summed E-state index contributed by atoms with van der Waals surface area (Å²) in [6.45, 7) is 5.58. The number of hydrogen-bond acceptors (Lipinski definition) is 7. The van der Waals surface area contributed by atoms with E-state index in [4.69, 9.17) is 14.2 Å². The van der Waals surface area contributed by atoms with Crippen LogP contribution in [0.5, 0.6) is 0 Å². The summed E-state index contributed by atoms with van der Waals surface area (Å²) in [5.41, 5.74) is -5.85.